The molecule has 24 heavy (non-hydrogen) atoms. The van der Waals surface area contributed by atoms with Crippen molar-refractivity contribution in [3.8, 4) is 0 Å². The molecule has 3 aromatic rings. The fraction of sp³-hybridized carbons (Fsp3) is 0.176. The van der Waals surface area contributed by atoms with Crippen LogP contribution in [0.1, 0.15) is 24.4 Å². The maximum atomic E-state index is 12.1. The highest BCUT2D eigenvalue weighted by Gasteiger charge is 2.14. The predicted octanol–water partition coefficient (Wildman–Crippen LogP) is 2.89. The van der Waals surface area contributed by atoms with E-state index in [1.165, 1.54) is 12.1 Å². The monoisotopic (exact) mass is 324 g/mol. The third kappa shape index (κ3) is 3.40. The number of H-pyrrole nitrogens is 1. The second-order valence-electron chi connectivity index (χ2n) is 5.53. The molecule has 2 aromatic carbocycles. The number of hydrogen-bond acceptors (Lipinski definition) is 4. The molecular formula is C17H16N4O3. The lowest BCUT2D eigenvalue weighted by molar-refractivity contribution is -0.384. The van der Waals surface area contributed by atoms with Crippen LogP contribution in [-0.2, 0) is 11.2 Å². The van der Waals surface area contributed by atoms with E-state index in [-0.39, 0.29) is 24.1 Å². The van der Waals surface area contributed by atoms with E-state index in [1.54, 1.807) is 12.1 Å². The summed E-state index contributed by atoms with van der Waals surface area (Å²) >= 11 is 0. The number of nitrogens with one attached hydrogen (secondary N) is 2. The molecule has 1 aromatic heterocycles. The molecule has 0 radical (unpaired) electrons. The molecule has 1 heterocycles. The number of benzene rings is 2. The van der Waals surface area contributed by atoms with Gasteiger partial charge in [-0.15, -0.1) is 0 Å². The Hall–Kier alpha value is -3.22. The van der Waals surface area contributed by atoms with Gasteiger partial charge in [0, 0.05) is 12.1 Å². The van der Waals surface area contributed by atoms with Crippen molar-refractivity contribution >= 4 is 22.6 Å². The number of para-hydroxylation sites is 2. The molecule has 0 aliphatic heterocycles. The van der Waals surface area contributed by atoms with Crippen LogP contribution in [0.3, 0.4) is 0 Å². The first-order valence-electron chi connectivity index (χ1n) is 7.50. The van der Waals surface area contributed by atoms with Crippen molar-refractivity contribution in [2.75, 3.05) is 0 Å². The molecule has 1 atom stereocenters. The minimum atomic E-state index is -0.465. The lowest BCUT2D eigenvalue weighted by Gasteiger charge is -2.11. The molecule has 0 aliphatic carbocycles. The molecule has 0 spiro atoms. The molecule has 1 amide bonds. The van der Waals surface area contributed by atoms with Crippen LogP contribution < -0.4 is 5.32 Å². The number of amides is 1. The highest BCUT2D eigenvalue weighted by Crippen LogP contribution is 2.16. The van der Waals surface area contributed by atoms with E-state index in [2.05, 4.69) is 15.3 Å². The van der Waals surface area contributed by atoms with Crippen LogP contribution in [0, 0.1) is 10.1 Å². The summed E-state index contributed by atoms with van der Waals surface area (Å²) in [6, 6.07) is 13.4. The Morgan fingerprint density at radius 1 is 1.25 bits per heavy atom. The van der Waals surface area contributed by atoms with Crippen LogP contribution in [0.4, 0.5) is 5.69 Å². The number of imidazole rings is 1. The fourth-order valence-corrected chi connectivity index (χ4v) is 2.46. The average Bonchev–Trinajstić information content (AvgIpc) is 2.99. The minimum Gasteiger partial charge on any atom is -0.346 e. The number of fused-ring (bicyclic) bond motifs is 1. The van der Waals surface area contributed by atoms with Gasteiger partial charge in [-0.3, -0.25) is 14.9 Å². The van der Waals surface area contributed by atoms with Crippen LogP contribution in [0.15, 0.2) is 48.5 Å². The molecule has 0 saturated carbocycles. The van der Waals surface area contributed by atoms with Gasteiger partial charge in [0.1, 0.15) is 5.82 Å². The smallest absolute Gasteiger partial charge is 0.269 e. The second-order valence-corrected chi connectivity index (χ2v) is 5.53. The minimum absolute atomic E-state index is 0.00908. The summed E-state index contributed by atoms with van der Waals surface area (Å²) in [5.74, 6) is 0.519. The zero-order valence-electron chi connectivity index (χ0n) is 13.0. The normalized spacial score (nSPS) is 12.0. The first-order chi connectivity index (χ1) is 11.5. The molecule has 0 fully saturated rings. The van der Waals surface area contributed by atoms with Gasteiger partial charge in [0.25, 0.3) is 5.69 Å². The van der Waals surface area contributed by atoms with Crippen LogP contribution in [0.2, 0.25) is 0 Å². The van der Waals surface area contributed by atoms with Gasteiger partial charge in [0.15, 0.2) is 0 Å². The molecule has 0 unspecified atom stereocenters. The van der Waals surface area contributed by atoms with E-state index < -0.39 is 4.92 Å². The molecular weight excluding hydrogens is 308 g/mol. The zero-order chi connectivity index (χ0) is 17.1. The number of nitro groups is 1. The first kappa shape index (κ1) is 15.7. The van der Waals surface area contributed by atoms with E-state index in [0.717, 1.165) is 16.6 Å². The lowest BCUT2D eigenvalue weighted by Crippen LogP contribution is -2.28. The van der Waals surface area contributed by atoms with Crippen LogP contribution >= 0.6 is 0 Å². The third-order valence-corrected chi connectivity index (χ3v) is 3.71. The van der Waals surface area contributed by atoms with Gasteiger partial charge in [-0.05, 0) is 24.6 Å². The summed E-state index contributed by atoms with van der Waals surface area (Å²) < 4.78 is 0. The molecule has 3 rings (SSSR count). The van der Waals surface area contributed by atoms with Crippen molar-refractivity contribution in [2.45, 2.75) is 19.4 Å². The van der Waals surface area contributed by atoms with E-state index in [1.807, 2.05) is 31.2 Å². The summed E-state index contributed by atoms with van der Waals surface area (Å²) in [6.45, 7) is 1.85. The zero-order valence-corrected chi connectivity index (χ0v) is 13.0. The van der Waals surface area contributed by atoms with Gasteiger partial charge in [0.05, 0.1) is 28.4 Å². The summed E-state index contributed by atoms with van der Waals surface area (Å²) in [7, 11) is 0. The van der Waals surface area contributed by atoms with Gasteiger partial charge in [0.2, 0.25) is 5.91 Å². The number of aromatic nitrogens is 2. The molecule has 0 saturated heterocycles. The standard InChI is InChI=1S/C17H16N4O3/c1-11(17-19-14-4-2-3-5-15(14)20-17)18-16(22)10-12-6-8-13(9-7-12)21(23)24/h2-9,11H,10H2,1H3,(H,18,22)(H,19,20)/t11-/m1/s1. The average molecular weight is 324 g/mol. The van der Waals surface area contributed by atoms with Crippen molar-refractivity contribution in [3.05, 3.63) is 70.0 Å². The van der Waals surface area contributed by atoms with Crippen molar-refractivity contribution < 1.29 is 9.72 Å². The Kier molecular flexibility index (Phi) is 4.24. The highest BCUT2D eigenvalue weighted by molar-refractivity contribution is 5.79. The number of carbonyl (C=O) groups excluding carboxylic acids is 1. The van der Waals surface area contributed by atoms with Crippen LogP contribution in [0.25, 0.3) is 11.0 Å². The highest BCUT2D eigenvalue weighted by atomic mass is 16.6. The number of aromatic amines is 1. The van der Waals surface area contributed by atoms with Gasteiger partial charge < -0.3 is 10.3 Å². The number of non-ortho nitro benzene ring substituents is 1. The topological polar surface area (TPSA) is 101 Å². The van der Waals surface area contributed by atoms with E-state index in [4.69, 9.17) is 0 Å². The summed E-state index contributed by atoms with van der Waals surface area (Å²) in [5, 5.41) is 13.5. The van der Waals surface area contributed by atoms with E-state index in [0.29, 0.717) is 5.82 Å². The Bertz CT molecular complexity index is 853. The molecule has 7 heteroatoms. The maximum absolute atomic E-state index is 12.1. The number of nitrogens with zero attached hydrogens (tertiary/aromatic N) is 2. The molecule has 122 valence electrons. The Balaban J connectivity index is 1.64. The fourth-order valence-electron chi connectivity index (χ4n) is 2.46. The Morgan fingerprint density at radius 2 is 1.96 bits per heavy atom. The van der Waals surface area contributed by atoms with Gasteiger partial charge >= 0.3 is 0 Å². The number of rotatable bonds is 5. The molecule has 2 N–H and O–H groups in total. The third-order valence-electron chi connectivity index (χ3n) is 3.71. The second kappa shape index (κ2) is 6.49. The van der Waals surface area contributed by atoms with Gasteiger partial charge in [-0.25, -0.2) is 4.98 Å². The predicted molar refractivity (Wildman–Crippen MR) is 89.5 cm³/mol. The van der Waals surface area contributed by atoms with Crippen LogP contribution in [0.5, 0.6) is 0 Å². The SMILES string of the molecule is C[C@@H](NC(=O)Cc1ccc([N+](=O)[O-])cc1)c1nc2ccccc2[nH]1. The molecule has 7 nitrogen and oxygen atoms in total. The Morgan fingerprint density at radius 3 is 2.62 bits per heavy atom. The maximum Gasteiger partial charge on any atom is 0.269 e. The lowest BCUT2D eigenvalue weighted by atomic mass is 10.1. The first-order valence-corrected chi connectivity index (χ1v) is 7.50. The Labute approximate surface area is 137 Å². The van der Waals surface area contributed by atoms with Gasteiger partial charge in [-0.2, -0.15) is 0 Å². The van der Waals surface area contributed by atoms with Crippen molar-refractivity contribution in [1.29, 1.82) is 0 Å². The molecule has 0 aliphatic rings. The number of hydrogen-bond donors (Lipinski definition) is 2. The van der Waals surface area contributed by atoms with Crippen LogP contribution in [-0.4, -0.2) is 20.8 Å². The van der Waals surface area contributed by atoms with Crippen molar-refractivity contribution in [2.24, 2.45) is 0 Å². The van der Waals surface area contributed by atoms with Crippen molar-refractivity contribution in [1.82, 2.24) is 15.3 Å². The largest absolute Gasteiger partial charge is 0.346 e. The van der Waals surface area contributed by atoms with E-state index in [9.17, 15) is 14.9 Å². The van der Waals surface area contributed by atoms with E-state index >= 15 is 0 Å². The van der Waals surface area contributed by atoms with Gasteiger partial charge in [-0.1, -0.05) is 24.3 Å². The summed E-state index contributed by atoms with van der Waals surface area (Å²) in [5.41, 5.74) is 2.50. The molecule has 0 bridgehead atoms. The summed E-state index contributed by atoms with van der Waals surface area (Å²) in [4.78, 5) is 29.9. The number of carbonyl (C=O) groups is 1. The van der Waals surface area contributed by atoms with Crippen molar-refractivity contribution in [3.63, 3.8) is 0 Å². The summed E-state index contributed by atoms with van der Waals surface area (Å²) in [6.07, 6.45) is 0.155. The number of nitro benzene ring substituents is 1. The quantitative estimate of drug-likeness (QED) is 0.556.